The van der Waals surface area contributed by atoms with Crippen LogP contribution in [0.15, 0.2) is 27.4 Å². The summed E-state index contributed by atoms with van der Waals surface area (Å²) in [7, 11) is 3.48. The molecule has 0 bridgehead atoms. The Morgan fingerprint density at radius 1 is 1.35 bits per heavy atom. The average Bonchev–Trinajstić information content (AvgIpc) is 2.78. The summed E-state index contributed by atoms with van der Waals surface area (Å²) in [5, 5.41) is 15.5. The van der Waals surface area contributed by atoms with E-state index in [4.69, 9.17) is 4.74 Å². The molecule has 0 radical (unpaired) electrons. The Morgan fingerprint density at radius 2 is 2.18 bits per heavy atom. The van der Waals surface area contributed by atoms with Gasteiger partial charge in [-0.25, -0.2) is 0 Å². The Kier molecular flexibility index (Phi) is 4.09. The highest BCUT2D eigenvalue weighted by Gasteiger charge is 2.17. The van der Waals surface area contributed by atoms with Crippen LogP contribution >= 0.6 is 27.3 Å². The van der Waals surface area contributed by atoms with Gasteiger partial charge in [-0.3, -0.25) is 0 Å². The summed E-state index contributed by atoms with van der Waals surface area (Å²) < 4.78 is 6.08. The fourth-order valence-corrected chi connectivity index (χ4v) is 3.11. The molecule has 2 heterocycles. The van der Waals surface area contributed by atoms with Gasteiger partial charge in [0.25, 0.3) is 0 Å². The van der Waals surface area contributed by atoms with Crippen molar-refractivity contribution in [2.75, 3.05) is 14.2 Å². The normalized spacial score (nSPS) is 12.4. The first-order valence-electron chi connectivity index (χ1n) is 5.02. The molecule has 6 heteroatoms. The Labute approximate surface area is 112 Å². The van der Waals surface area contributed by atoms with Crippen molar-refractivity contribution < 1.29 is 4.74 Å². The van der Waals surface area contributed by atoms with Crippen molar-refractivity contribution in [3.63, 3.8) is 0 Å². The lowest BCUT2D eigenvalue weighted by atomic mass is 10.1. The fourth-order valence-electron chi connectivity index (χ4n) is 1.55. The second-order valence-electron chi connectivity index (χ2n) is 3.40. The lowest BCUT2D eigenvalue weighted by Crippen LogP contribution is -2.19. The number of thiophene rings is 1. The number of hydrogen-bond acceptors (Lipinski definition) is 5. The molecule has 17 heavy (non-hydrogen) atoms. The third kappa shape index (κ3) is 2.65. The first-order valence-corrected chi connectivity index (χ1v) is 6.76. The maximum Gasteiger partial charge on any atom is 0.233 e. The van der Waals surface area contributed by atoms with Gasteiger partial charge in [0.2, 0.25) is 5.88 Å². The third-order valence-electron chi connectivity index (χ3n) is 2.41. The first-order chi connectivity index (χ1) is 8.26. The molecular formula is C11H12BrN3OS. The van der Waals surface area contributed by atoms with Gasteiger partial charge in [-0.1, -0.05) is 0 Å². The predicted octanol–water partition coefficient (Wildman–Crippen LogP) is 2.62. The summed E-state index contributed by atoms with van der Waals surface area (Å²) in [4.78, 5) is 0. The maximum absolute atomic E-state index is 5.00. The summed E-state index contributed by atoms with van der Waals surface area (Å²) in [6.07, 6.45) is 0. The molecule has 1 unspecified atom stereocenters. The number of methoxy groups -OCH3 is 1. The molecule has 0 aliphatic carbocycles. The van der Waals surface area contributed by atoms with E-state index < -0.39 is 0 Å². The zero-order valence-corrected chi connectivity index (χ0v) is 11.9. The minimum Gasteiger partial charge on any atom is -0.480 e. The van der Waals surface area contributed by atoms with Crippen LogP contribution in [0.25, 0.3) is 0 Å². The van der Waals surface area contributed by atoms with E-state index in [-0.39, 0.29) is 6.04 Å². The molecule has 0 aliphatic rings. The van der Waals surface area contributed by atoms with Gasteiger partial charge >= 0.3 is 0 Å². The highest BCUT2D eigenvalue weighted by molar-refractivity contribution is 9.10. The van der Waals surface area contributed by atoms with Crippen molar-refractivity contribution in [1.82, 2.24) is 15.5 Å². The van der Waals surface area contributed by atoms with Gasteiger partial charge in [-0.05, 0) is 34.4 Å². The van der Waals surface area contributed by atoms with Crippen molar-refractivity contribution in [3.05, 3.63) is 38.6 Å². The van der Waals surface area contributed by atoms with E-state index in [0.717, 1.165) is 15.7 Å². The zero-order chi connectivity index (χ0) is 12.3. The van der Waals surface area contributed by atoms with Gasteiger partial charge in [-0.15, -0.1) is 10.2 Å². The summed E-state index contributed by atoms with van der Waals surface area (Å²) in [5.41, 5.74) is 2.03. The smallest absolute Gasteiger partial charge is 0.233 e. The van der Waals surface area contributed by atoms with Crippen LogP contribution in [0.4, 0.5) is 0 Å². The molecule has 0 fully saturated rings. The Hall–Kier alpha value is -0.980. The van der Waals surface area contributed by atoms with Crippen LogP contribution in [-0.2, 0) is 0 Å². The van der Waals surface area contributed by atoms with E-state index >= 15 is 0 Å². The van der Waals surface area contributed by atoms with E-state index in [9.17, 15) is 0 Å². The minimum absolute atomic E-state index is 0.0361. The number of halogens is 1. The minimum atomic E-state index is 0.0361. The summed E-state index contributed by atoms with van der Waals surface area (Å²) in [5.74, 6) is 0.521. The number of nitrogens with one attached hydrogen (secondary N) is 1. The third-order valence-corrected chi connectivity index (χ3v) is 4.16. The van der Waals surface area contributed by atoms with E-state index in [1.165, 1.54) is 0 Å². The monoisotopic (exact) mass is 313 g/mol. The van der Waals surface area contributed by atoms with Crippen LogP contribution in [0.2, 0.25) is 0 Å². The first kappa shape index (κ1) is 12.5. The van der Waals surface area contributed by atoms with Crippen LogP contribution < -0.4 is 10.1 Å². The number of ether oxygens (including phenoxy) is 1. The lowest BCUT2D eigenvalue weighted by Gasteiger charge is -2.14. The molecule has 2 aromatic heterocycles. The quantitative estimate of drug-likeness (QED) is 0.942. The maximum atomic E-state index is 5.00. The number of hydrogen-bond donors (Lipinski definition) is 1. The molecule has 90 valence electrons. The van der Waals surface area contributed by atoms with Crippen molar-refractivity contribution >= 4 is 27.3 Å². The van der Waals surface area contributed by atoms with Gasteiger partial charge in [0.1, 0.15) is 0 Å². The molecule has 2 rings (SSSR count). The molecule has 4 nitrogen and oxygen atoms in total. The molecule has 0 aliphatic heterocycles. The molecule has 0 saturated carbocycles. The molecule has 0 spiro atoms. The van der Waals surface area contributed by atoms with Crippen molar-refractivity contribution in [2.24, 2.45) is 0 Å². The van der Waals surface area contributed by atoms with Crippen molar-refractivity contribution in [3.8, 4) is 5.88 Å². The molecule has 2 aromatic rings. The molecule has 0 aromatic carbocycles. The summed E-state index contributed by atoms with van der Waals surface area (Å²) >= 11 is 5.18. The van der Waals surface area contributed by atoms with Gasteiger partial charge in [0.05, 0.1) is 18.8 Å². The van der Waals surface area contributed by atoms with Gasteiger partial charge in [0.15, 0.2) is 0 Å². The topological polar surface area (TPSA) is 47.0 Å². The van der Waals surface area contributed by atoms with Gasteiger partial charge < -0.3 is 10.1 Å². The fraction of sp³-hybridized carbons (Fsp3) is 0.273. The van der Waals surface area contributed by atoms with E-state index in [2.05, 4.69) is 42.2 Å². The van der Waals surface area contributed by atoms with Crippen LogP contribution in [0, 0.1) is 0 Å². The van der Waals surface area contributed by atoms with Crippen molar-refractivity contribution in [1.29, 1.82) is 0 Å². The SMILES string of the molecule is CNC(c1ccc(OC)nn1)c1cscc1Br. The standard InChI is InChI=1S/C11H12BrN3OS/c1-13-11(7-5-17-6-8(7)12)9-3-4-10(16-2)15-14-9/h3-6,11,13H,1-2H3. The zero-order valence-electron chi connectivity index (χ0n) is 9.48. The van der Waals surface area contributed by atoms with Gasteiger partial charge in [-0.2, -0.15) is 11.3 Å². The largest absolute Gasteiger partial charge is 0.480 e. The summed E-state index contributed by atoms with van der Waals surface area (Å²) in [6.45, 7) is 0. The van der Waals surface area contributed by atoms with Crippen LogP contribution in [-0.4, -0.2) is 24.4 Å². The van der Waals surface area contributed by atoms with E-state index in [0.29, 0.717) is 5.88 Å². The van der Waals surface area contributed by atoms with E-state index in [1.807, 2.05) is 19.2 Å². The number of aromatic nitrogens is 2. The second-order valence-corrected chi connectivity index (χ2v) is 5.00. The lowest BCUT2D eigenvalue weighted by molar-refractivity contribution is 0.390. The highest BCUT2D eigenvalue weighted by atomic mass is 79.9. The Bertz CT molecular complexity index is 486. The summed E-state index contributed by atoms with van der Waals surface area (Å²) in [6, 6.07) is 3.76. The predicted molar refractivity (Wildman–Crippen MR) is 71.5 cm³/mol. The van der Waals surface area contributed by atoms with Gasteiger partial charge in [0, 0.05) is 21.5 Å². The molecule has 1 atom stereocenters. The Morgan fingerprint density at radius 3 is 2.65 bits per heavy atom. The highest BCUT2D eigenvalue weighted by Crippen LogP contribution is 2.30. The molecule has 1 N–H and O–H groups in total. The Balaban J connectivity index is 2.32. The molecular weight excluding hydrogens is 302 g/mol. The van der Waals surface area contributed by atoms with Crippen LogP contribution in [0.1, 0.15) is 17.3 Å². The van der Waals surface area contributed by atoms with Crippen LogP contribution in [0.3, 0.4) is 0 Å². The molecule has 0 amide bonds. The van der Waals surface area contributed by atoms with E-state index in [1.54, 1.807) is 18.4 Å². The second kappa shape index (κ2) is 5.57. The van der Waals surface area contributed by atoms with Crippen LogP contribution in [0.5, 0.6) is 5.88 Å². The van der Waals surface area contributed by atoms with Crippen molar-refractivity contribution in [2.45, 2.75) is 6.04 Å². The number of rotatable bonds is 4. The molecule has 0 saturated heterocycles. The number of nitrogens with zero attached hydrogens (tertiary/aromatic N) is 2. The average molecular weight is 314 g/mol.